The molecule has 1 aliphatic heterocycles. The molecule has 14 heteroatoms. The van der Waals surface area contributed by atoms with Crippen LogP contribution in [-0.4, -0.2) is 57.6 Å². The van der Waals surface area contributed by atoms with E-state index in [4.69, 9.17) is 9.72 Å². The van der Waals surface area contributed by atoms with Gasteiger partial charge in [0.25, 0.3) is 6.43 Å². The number of alkyl halides is 2. The Kier molecular flexibility index (Phi) is 7.84. The van der Waals surface area contributed by atoms with Crippen LogP contribution in [0.4, 0.5) is 25.8 Å². The molecule has 11 nitrogen and oxygen atoms in total. The number of hydrogen-bond donors (Lipinski definition) is 1. The lowest BCUT2D eigenvalue weighted by atomic mass is 10.1. The summed E-state index contributed by atoms with van der Waals surface area (Å²) in [6.45, 7) is 2.27. The van der Waals surface area contributed by atoms with E-state index in [0.29, 0.717) is 65.3 Å². The Morgan fingerprint density at radius 1 is 1.12 bits per heavy atom. The summed E-state index contributed by atoms with van der Waals surface area (Å²) in [5.41, 5.74) is 3.32. The molecule has 1 N–H and O–H groups in total. The second-order valence-electron chi connectivity index (χ2n) is 11.5. The second kappa shape index (κ2) is 11.5. The summed E-state index contributed by atoms with van der Waals surface area (Å²) in [5, 5.41) is 7.65. The lowest BCUT2D eigenvalue weighted by molar-refractivity contribution is -0.0363. The largest absolute Gasteiger partial charge is 0.358 e. The van der Waals surface area contributed by atoms with Gasteiger partial charge in [-0.25, -0.2) is 36.8 Å². The molecule has 1 saturated heterocycles. The monoisotopic (exact) mass is 614 g/mol. The number of aryl methyl sites for hydroxylation is 3. The van der Waals surface area contributed by atoms with Crippen molar-refractivity contribution < 1.29 is 21.9 Å². The predicted molar refractivity (Wildman–Crippen MR) is 160 cm³/mol. The van der Waals surface area contributed by atoms with Gasteiger partial charge in [-0.15, -0.1) is 0 Å². The van der Waals surface area contributed by atoms with Gasteiger partial charge in [-0.2, -0.15) is 5.10 Å². The Bertz CT molecular complexity index is 1760. The molecule has 4 aromatic rings. The molecule has 1 aromatic carbocycles. The maximum Gasteiger partial charge on any atom is 0.295 e. The zero-order valence-corrected chi connectivity index (χ0v) is 25.5. The zero-order chi connectivity index (χ0) is 30.5. The van der Waals surface area contributed by atoms with Crippen molar-refractivity contribution in [3.8, 4) is 11.4 Å². The molecule has 1 saturated carbocycles. The van der Waals surface area contributed by atoms with E-state index in [-0.39, 0.29) is 5.52 Å². The average Bonchev–Trinajstić information content (AvgIpc) is 3.62. The Hall–Kier alpha value is -3.65. The first kappa shape index (κ1) is 29.4. The number of ether oxygens (including phenoxy) is 1. The normalized spacial score (nSPS) is 17.6. The fourth-order valence-electron chi connectivity index (χ4n) is 5.60. The van der Waals surface area contributed by atoms with E-state index in [0.717, 1.165) is 31.2 Å². The summed E-state index contributed by atoms with van der Waals surface area (Å²) < 4.78 is 64.4. The van der Waals surface area contributed by atoms with Gasteiger partial charge in [0.15, 0.2) is 17.3 Å². The lowest BCUT2D eigenvalue weighted by Gasteiger charge is -2.25. The van der Waals surface area contributed by atoms with E-state index in [2.05, 4.69) is 20.4 Å². The molecule has 1 aliphatic carbocycles. The van der Waals surface area contributed by atoms with Gasteiger partial charge in [0.2, 0.25) is 10.0 Å². The zero-order valence-electron chi connectivity index (χ0n) is 24.7. The highest BCUT2D eigenvalue weighted by molar-refractivity contribution is 7.92. The van der Waals surface area contributed by atoms with Crippen LogP contribution in [0.1, 0.15) is 68.5 Å². The molecule has 43 heavy (non-hydrogen) atoms. The minimum atomic E-state index is -3.66. The highest BCUT2D eigenvalue weighted by Crippen LogP contribution is 2.39. The van der Waals surface area contributed by atoms with Gasteiger partial charge >= 0.3 is 0 Å². The first-order chi connectivity index (χ1) is 20.5. The van der Waals surface area contributed by atoms with Crippen LogP contribution in [0, 0.1) is 12.8 Å². The quantitative estimate of drug-likeness (QED) is 0.243. The van der Waals surface area contributed by atoms with Crippen molar-refractivity contribution in [1.82, 2.24) is 29.3 Å². The van der Waals surface area contributed by atoms with E-state index in [1.54, 1.807) is 30.8 Å². The van der Waals surface area contributed by atoms with E-state index in [9.17, 15) is 17.2 Å². The summed E-state index contributed by atoms with van der Waals surface area (Å²) in [6.07, 6.45) is 4.07. The van der Waals surface area contributed by atoms with Crippen LogP contribution in [0.25, 0.3) is 22.6 Å². The number of halogens is 2. The minimum absolute atomic E-state index is 0.278. The van der Waals surface area contributed by atoms with E-state index in [1.807, 2.05) is 12.1 Å². The van der Waals surface area contributed by atoms with Crippen molar-refractivity contribution >= 4 is 38.2 Å². The molecule has 4 heterocycles. The number of imidazole rings is 1. The van der Waals surface area contributed by atoms with Crippen molar-refractivity contribution in [2.45, 2.75) is 64.5 Å². The van der Waals surface area contributed by atoms with Crippen molar-refractivity contribution in [2.24, 2.45) is 13.0 Å². The Balaban J connectivity index is 1.49. The van der Waals surface area contributed by atoms with Crippen molar-refractivity contribution in [3.05, 3.63) is 41.6 Å². The molecule has 0 spiro atoms. The number of sulfonamides is 1. The number of benzene rings is 1. The number of fused-ring (bicyclic) bond motifs is 1. The minimum Gasteiger partial charge on any atom is -0.358 e. The summed E-state index contributed by atoms with van der Waals surface area (Å²) in [5.74, 6) is 1.43. The molecule has 2 aliphatic rings. The highest BCUT2D eigenvalue weighted by atomic mass is 32.2. The molecular formula is C29H36F2N8O3S. The first-order valence-electron chi connectivity index (χ1n) is 14.5. The van der Waals surface area contributed by atoms with Gasteiger partial charge in [-0.1, -0.05) is 12.8 Å². The average molecular weight is 615 g/mol. The molecule has 0 bridgehead atoms. The molecule has 230 valence electrons. The number of rotatable bonds is 10. The maximum atomic E-state index is 14.4. The molecule has 1 unspecified atom stereocenters. The molecule has 2 fully saturated rings. The Labute approximate surface area is 249 Å². The molecule has 1 atom stereocenters. The van der Waals surface area contributed by atoms with Crippen LogP contribution in [0.3, 0.4) is 0 Å². The maximum absolute atomic E-state index is 14.4. The van der Waals surface area contributed by atoms with Gasteiger partial charge in [0, 0.05) is 32.0 Å². The van der Waals surface area contributed by atoms with Crippen LogP contribution in [-0.2, 0) is 28.2 Å². The SMILES string of the molecule is Cc1nc(-c2ccc(Nc3cc(CCC4CC4)nc4c3nc(C(F)F)n4C3CCCCO3)c(N(C)S(C)(=O)=O)c2)n(C)n1. The van der Waals surface area contributed by atoms with E-state index in [1.165, 1.54) is 28.8 Å². The van der Waals surface area contributed by atoms with E-state index < -0.39 is 28.5 Å². The second-order valence-corrected chi connectivity index (χ2v) is 13.5. The number of nitrogens with one attached hydrogen (secondary N) is 1. The first-order valence-corrected chi connectivity index (χ1v) is 16.4. The number of pyridine rings is 1. The van der Waals surface area contributed by atoms with Gasteiger partial charge in [0.05, 0.1) is 23.3 Å². The van der Waals surface area contributed by atoms with Gasteiger partial charge in [-0.05, 0) is 69.2 Å². The van der Waals surface area contributed by atoms with Crippen LogP contribution in [0.2, 0.25) is 0 Å². The third kappa shape index (κ3) is 6.07. The Morgan fingerprint density at radius 2 is 1.91 bits per heavy atom. The highest BCUT2D eigenvalue weighted by Gasteiger charge is 2.30. The fourth-order valence-corrected chi connectivity index (χ4v) is 6.11. The molecular weight excluding hydrogens is 578 g/mol. The third-order valence-electron chi connectivity index (χ3n) is 8.10. The van der Waals surface area contributed by atoms with Gasteiger partial charge < -0.3 is 10.1 Å². The van der Waals surface area contributed by atoms with E-state index >= 15 is 0 Å². The molecule has 6 rings (SSSR count). The van der Waals surface area contributed by atoms with Crippen molar-refractivity contribution in [3.63, 3.8) is 0 Å². The summed E-state index contributed by atoms with van der Waals surface area (Å²) >= 11 is 0. The van der Waals surface area contributed by atoms with Crippen molar-refractivity contribution in [2.75, 3.05) is 29.5 Å². The lowest BCUT2D eigenvalue weighted by Crippen LogP contribution is -2.25. The predicted octanol–water partition coefficient (Wildman–Crippen LogP) is 5.65. The standard InChI is InChI=1S/C29H36F2N8O3S/c1-17-32-27(37(2)36-17)19-11-13-21(23(15-19)38(3)43(4,40)41)34-22-16-20(12-10-18-8-9-18)33-28-25(22)35-29(26(30)31)39(28)24-7-5-6-14-42-24/h11,13,15-16,18,24,26H,5-10,12,14H2,1-4H3,(H,33,34). The van der Waals surface area contributed by atoms with Crippen LogP contribution < -0.4 is 9.62 Å². The van der Waals surface area contributed by atoms with Gasteiger partial charge in [-0.3, -0.25) is 8.87 Å². The molecule has 3 aromatic heterocycles. The van der Waals surface area contributed by atoms with Crippen LogP contribution in [0.5, 0.6) is 0 Å². The molecule has 0 radical (unpaired) electrons. The molecule has 0 amide bonds. The number of aromatic nitrogens is 6. The van der Waals surface area contributed by atoms with Crippen LogP contribution in [0.15, 0.2) is 24.3 Å². The van der Waals surface area contributed by atoms with Crippen molar-refractivity contribution in [1.29, 1.82) is 0 Å². The van der Waals surface area contributed by atoms with Crippen LogP contribution >= 0.6 is 0 Å². The smallest absolute Gasteiger partial charge is 0.295 e. The third-order valence-corrected chi connectivity index (χ3v) is 9.30. The number of anilines is 3. The summed E-state index contributed by atoms with van der Waals surface area (Å²) in [7, 11) is -0.426. The van der Waals surface area contributed by atoms with Gasteiger partial charge in [0.1, 0.15) is 17.6 Å². The number of nitrogens with zero attached hydrogens (tertiary/aromatic N) is 7. The number of hydrogen-bond acceptors (Lipinski definition) is 8. The summed E-state index contributed by atoms with van der Waals surface area (Å²) in [4.78, 5) is 13.7. The Morgan fingerprint density at radius 3 is 2.53 bits per heavy atom. The topological polar surface area (TPSA) is 120 Å². The fraction of sp³-hybridized carbons (Fsp3) is 0.517. The summed E-state index contributed by atoms with van der Waals surface area (Å²) in [6, 6.07) is 7.13.